The van der Waals surface area contributed by atoms with Gasteiger partial charge < -0.3 is 18.9 Å². The van der Waals surface area contributed by atoms with Crippen LogP contribution in [0.25, 0.3) is 33.4 Å². The van der Waals surface area contributed by atoms with Gasteiger partial charge in [-0.15, -0.1) is 0 Å². The molecule has 0 fully saturated rings. The molecule has 0 aromatic heterocycles. The number of nitrogens with zero attached hydrogens (tertiary/aromatic N) is 2. The lowest BCUT2D eigenvalue weighted by molar-refractivity contribution is 0.0490. The van der Waals surface area contributed by atoms with E-state index in [0.717, 1.165) is 64.2 Å². The van der Waals surface area contributed by atoms with E-state index in [1.165, 1.54) is 66.8 Å². The quantitative estimate of drug-likeness (QED) is 0.0694. The van der Waals surface area contributed by atoms with Crippen molar-refractivity contribution in [1.82, 2.24) is 0 Å². The number of fused-ring (bicyclic) bond motifs is 6. The van der Waals surface area contributed by atoms with Crippen LogP contribution in [0, 0.1) is 47.3 Å². The van der Waals surface area contributed by atoms with Crippen LogP contribution in [0.2, 0.25) is 0 Å². The normalized spacial score (nSPS) is 14.6. The molecule has 0 spiro atoms. The maximum Gasteiger partial charge on any atom is 0.0700 e. The molecule has 2 aliphatic carbocycles. The van der Waals surface area contributed by atoms with Gasteiger partial charge in [-0.1, -0.05) is 97.5 Å². The largest absolute Gasteiger partial charge is 0.382 e. The third-order valence-corrected chi connectivity index (χ3v) is 13.5. The molecule has 2 aliphatic rings. The molecule has 0 amide bonds. The van der Waals surface area contributed by atoms with Gasteiger partial charge >= 0.3 is 0 Å². The SMILES string of the molecule is COCCOCCC1(CCOCCOC)c2cc(C)ccc2-c2ccc(-c3ccc4c(c3)C(CCCCC(C)(C)C#N)(CCCCC(C)(C)C#N)c3cc(C)ccc3-4)cc21. The fourth-order valence-corrected chi connectivity index (χ4v) is 9.99. The van der Waals surface area contributed by atoms with Crippen molar-refractivity contribution in [3.63, 3.8) is 0 Å². The van der Waals surface area contributed by atoms with Crippen LogP contribution in [0.4, 0.5) is 0 Å². The molecular weight excluding hydrogens is 741 g/mol. The van der Waals surface area contributed by atoms with Crippen molar-refractivity contribution in [3.05, 3.63) is 106 Å². The second-order valence-electron chi connectivity index (χ2n) is 18.9. The molecule has 60 heavy (non-hydrogen) atoms. The molecule has 0 saturated heterocycles. The molecular formula is C54H68N2O4. The molecule has 0 atom stereocenters. The predicted molar refractivity (Wildman–Crippen MR) is 244 cm³/mol. The molecule has 0 radical (unpaired) electrons. The fourth-order valence-electron chi connectivity index (χ4n) is 9.99. The van der Waals surface area contributed by atoms with Crippen LogP contribution in [-0.4, -0.2) is 53.9 Å². The molecule has 0 bridgehead atoms. The van der Waals surface area contributed by atoms with Crippen molar-refractivity contribution in [2.24, 2.45) is 10.8 Å². The zero-order valence-corrected chi connectivity index (χ0v) is 37.8. The van der Waals surface area contributed by atoms with Gasteiger partial charge in [0.05, 0.1) is 49.4 Å². The van der Waals surface area contributed by atoms with Gasteiger partial charge in [-0.05, 0) is 148 Å². The summed E-state index contributed by atoms with van der Waals surface area (Å²) < 4.78 is 23.0. The standard InChI is InChI=1S/C54H68N2O4/c1-39-13-17-43-45-19-15-41(35-49(45)53(47(43)33-39,23-11-9-21-51(3,4)37-55)24-12-10-22-52(5,6)38-56)42-16-20-46-44-18-14-40(2)34-48(44)54(50(46)36-42,25-27-59-31-29-57-7)26-28-60-32-30-58-8/h13-20,33-36H,9-12,21-32H2,1-8H3. The lowest BCUT2D eigenvalue weighted by atomic mass is 9.69. The Labute approximate surface area is 361 Å². The Hall–Kier alpha value is -4.30. The molecule has 0 aliphatic heterocycles. The Balaban J connectivity index is 1.44. The van der Waals surface area contributed by atoms with Gasteiger partial charge in [-0.25, -0.2) is 0 Å². The topological polar surface area (TPSA) is 84.5 Å². The van der Waals surface area contributed by atoms with Crippen molar-refractivity contribution in [2.45, 2.75) is 117 Å². The zero-order chi connectivity index (χ0) is 43.0. The molecule has 0 N–H and O–H groups in total. The van der Waals surface area contributed by atoms with Crippen molar-refractivity contribution < 1.29 is 18.9 Å². The monoisotopic (exact) mass is 809 g/mol. The molecule has 6 nitrogen and oxygen atoms in total. The van der Waals surface area contributed by atoms with Crippen molar-refractivity contribution >= 4 is 0 Å². The minimum Gasteiger partial charge on any atom is -0.382 e. The van der Waals surface area contributed by atoms with Crippen LogP contribution in [-0.2, 0) is 29.8 Å². The van der Waals surface area contributed by atoms with E-state index in [1.807, 2.05) is 0 Å². The summed E-state index contributed by atoms with van der Waals surface area (Å²) in [5.41, 5.74) is 14.7. The Kier molecular flexibility index (Phi) is 14.8. The van der Waals surface area contributed by atoms with Gasteiger partial charge in [0.25, 0.3) is 0 Å². The number of hydrogen-bond acceptors (Lipinski definition) is 6. The summed E-state index contributed by atoms with van der Waals surface area (Å²) >= 11 is 0. The molecule has 6 heteroatoms. The number of aryl methyl sites for hydroxylation is 2. The van der Waals surface area contributed by atoms with E-state index in [2.05, 4.69) is 126 Å². The predicted octanol–water partition coefficient (Wildman–Crippen LogP) is 12.8. The Morgan fingerprint density at radius 1 is 0.467 bits per heavy atom. The molecule has 0 heterocycles. The molecule has 0 unspecified atom stereocenters. The number of rotatable bonds is 23. The van der Waals surface area contributed by atoms with E-state index in [1.54, 1.807) is 14.2 Å². The van der Waals surface area contributed by atoms with Crippen LogP contribution < -0.4 is 0 Å². The Morgan fingerprint density at radius 3 is 1.22 bits per heavy atom. The molecule has 318 valence electrons. The van der Waals surface area contributed by atoms with E-state index in [-0.39, 0.29) is 21.7 Å². The van der Waals surface area contributed by atoms with E-state index in [9.17, 15) is 10.5 Å². The second kappa shape index (κ2) is 19.6. The maximum absolute atomic E-state index is 9.82. The first-order valence-electron chi connectivity index (χ1n) is 22.3. The van der Waals surface area contributed by atoms with Gasteiger partial charge in [0.1, 0.15) is 0 Å². The number of hydrogen-bond donors (Lipinski definition) is 0. The van der Waals surface area contributed by atoms with Crippen molar-refractivity contribution in [2.75, 3.05) is 53.9 Å². The maximum atomic E-state index is 9.82. The summed E-state index contributed by atoms with van der Waals surface area (Å²) in [6.07, 6.45) is 9.61. The van der Waals surface area contributed by atoms with Gasteiger partial charge in [0.2, 0.25) is 0 Å². The van der Waals surface area contributed by atoms with Gasteiger partial charge in [0, 0.05) is 38.3 Å². The van der Waals surface area contributed by atoms with Crippen LogP contribution in [0.15, 0.2) is 72.8 Å². The summed E-state index contributed by atoms with van der Waals surface area (Å²) in [6, 6.07) is 33.4. The van der Waals surface area contributed by atoms with E-state index in [4.69, 9.17) is 18.9 Å². The van der Waals surface area contributed by atoms with Crippen LogP contribution >= 0.6 is 0 Å². The van der Waals surface area contributed by atoms with E-state index in [0.29, 0.717) is 39.6 Å². The first-order valence-corrected chi connectivity index (χ1v) is 22.3. The molecule has 6 rings (SSSR count). The molecule has 4 aromatic carbocycles. The smallest absolute Gasteiger partial charge is 0.0700 e. The number of methoxy groups -OCH3 is 2. The lowest BCUT2D eigenvalue weighted by Gasteiger charge is -2.34. The summed E-state index contributed by atoms with van der Waals surface area (Å²) in [4.78, 5) is 0. The highest BCUT2D eigenvalue weighted by atomic mass is 16.5. The minimum absolute atomic E-state index is 0.159. The van der Waals surface area contributed by atoms with Gasteiger partial charge in [-0.3, -0.25) is 0 Å². The van der Waals surface area contributed by atoms with E-state index >= 15 is 0 Å². The lowest BCUT2D eigenvalue weighted by Crippen LogP contribution is -2.30. The molecule has 4 aromatic rings. The molecule has 0 saturated carbocycles. The highest BCUT2D eigenvalue weighted by Crippen LogP contribution is 2.57. The highest BCUT2D eigenvalue weighted by Gasteiger charge is 2.45. The fraction of sp³-hybridized carbons (Fsp3) is 0.519. The first-order chi connectivity index (χ1) is 28.8. The summed E-state index contributed by atoms with van der Waals surface area (Å²) in [6.45, 7) is 16.2. The second-order valence-corrected chi connectivity index (χ2v) is 18.9. The van der Waals surface area contributed by atoms with Crippen molar-refractivity contribution in [1.29, 1.82) is 10.5 Å². The third-order valence-electron chi connectivity index (χ3n) is 13.5. The number of ether oxygens (including phenoxy) is 4. The third kappa shape index (κ3) is 9.75. The number of benzene rings is 4. The summed E-state index contributed by atoms with van der Waals surface area (Å²) in [7, 11) is 3.43. The summed E-state index contributed by atoms with van der Waals surface area (Å²) in [5.74, 6) is 0. The number of nitriles is 2. The number of unbranched alkanes of at least 4 members (excludes halogenated alkanes) is 2. The van der Waals surface area contributed by atoms with Gasteiger partial charge in [-0.2, -0.15) is 10.5 Å². The average Bonchev–Trinajstić information content (AvgIpc) is 3.65. The van der Waals surface area contributed by atoms with Crippen molar-refractivity contribution in [3.8, 4) is 45.5 Å². The average molecular weight is 809 g/mol. The van der Waals surface area contributed by atoms with E-state index < -0.39 is 0 Å². The summed E-state index contributed by atoms with van der Waals surface area (Å²) in [5, 5.41) is 19.6. The zero-order valence-electron chi connectivity index (χ0n) is 37.8. The Bertz CT molecular complexity index is 2140. The minimum atomic E-state index is -0.335. The highest BCUT2D eigenvalue weighted by molar-refractivity contribution is 5.87. The first kappa shape index (κ1) is 45.2. The van der Waals surface area contributed by atoms with Gasteiger partial charge in [0.15, 0.2) is 0 Å². The van der Waals surface area contributed by atoms with Crippen LogP contribution in [0.3, 0.4) is 0 Å². The van der Waals surface area contributed by atoms with Crippen LogP contribution in [0.5, 0.6) is 0 Å². The van der Waals surface area contributed by atoms with Crippen LogP contribution in [0.1, 0.15) is 125 Å². The Morgan fingerprint density at radius 2 is 0.833 bits per heavy atom.